The summed E-state index contributed by atoms with van der Waals surface area (Å²) in [6, 6.07) is 5.87. The Morgan fingerprint density at radius 2 is 2.39 bits per heavy atom. The van der Waals surface area contributed by atoms with E-state index in [0.29, 0.717) is 4.75 Å². The number of rotatable bonds is 3. The van der Waals surface area contributed by atoms with Crippen LogP contribution in [0.25, 0.3) is 10.2 Å². The molecule has 1 aliphatic rings. The lowest BCUT2D eigenvalue weighted by Gasteiger charge is -2.22. The fourth-order valence-corrected chi connectivity index (χ4v) is 4.47. The van der Waals surface area contributed by atoms with Gasteiger partial charge in [0.1, 0.15) is 0 Å². The summed E-state index contributed by atoms with van der Waals surface area (Å²) < 4.78 is 1.56. The van der Waals surface area contributed by atoms with Crippen molar-refractivity contribution in [2.45, 2.75) is 24.5 Å². The number of aromatic nitrogens is 1. The molecule has 1 atom stereocenters. The monoisotopic (exact) mass is 298 g/mol. The second-order valence-corrected chi connectivity index (χ2v) is 8.04. The average Bonchev–Trinajstić information content (AvgIpc) is 2.93. The molecular formula is C13H15ClN2S2. The van der Waals surface area contributed by atoms with E-state index >= 15 is 0 Å². The first kappa shape index (κ1) is 12.6. The van der Waals surface area contributed by atoms with E-state index in [-0.39, 0.29) is 0 Å². The number of benzene rings is 1. The molecule has 0 radical (unpaired) electrons. The van der Waals surface area contributed by atoms with Crippen molar-refractivity contribution >= 4 is 50.0 Å². The van der Waals surface area contributed by atoms with E-state index in [1.807, 2.05) is 18.2 Å². The molecule has 0 spiro atoms. The largest absolute Gasteiger partial charge is 0.360 e. The topological polar surface area (TPSA) is 24.9 Å². The smallest absolute Gasteiger partial charge is 0.183 e. The van der Waals surface area contributed by atoms with Crippen LogP contribution in [0.1, 0.15) is 19.8 Å². The number of nitrogens with zero attached hydrogens (tertiary/aromatic N) is 1. The highest BCUT2D eigenvalue weighted by atomic mass is 35.5. The summed E-state index contributed by atoms with van der Waals surface area (Å²) in [5.74, 6) is 1.29. The maximum absolute atomic E-state index is 5.97. The van der Waals surface area contributed by atoms with Gasteiger partial charge in [-0.2, -0.15) is 11.8 Å². The van der Waals surface area contributed by atoms with Crippen LogP contribution in [0, 0.1) is 0 Å². The van der Waals surface area contributed by atoms with Crippen molar-refractivity contribution in [1.29, 1.82) is 0 Å². The zero-order chi connectivity index (χ0) is 12.6. The SMILES string of the molecule is CC1(CNc2nc3cc(Cl)ccc3s2)CCCS1. The molecule has 0 bridgehead atoms. The summed E-state index contributed by atoms with van der Waals surface area (Å²) in [7, 11) is 0. The minimum Gasteiger partial charge on any atom is -0.360 e. The maximum atomic E-state index is 5.97. The lowest BCUT2D eigenvalue weighted by Crippen LogP contribution is -2.26. The highest BCUT2D eigenvalue weighted by molar-refractivity contribution is 8.00. The third-order valence-electron chi connectivity index (χ3n) is 3.26. The van der Waals surface area contributed by atoms with E-state index < -0.39 is 0 Å². The molecule has 1 aromatic carbocycles. The van der Waals surface area contributed by atoms with Crippen molar-refractivity contribution in [3.63, 3.8) is 0 Å². The van der Waals surface area contributed by atoms with Crippen LogP contribution in [-0.2, 0) is 0 Å². The summed E-state index contributed by atoms with van der Waals surface area (Å²) in [6.07, 6.45) is 2.62. The molecule has 3 rings (SSSR count). The zero-order valence-electron chi connectivity index (χ0n) is 10.2. The molecule has 1 N–H and O–H groups in total. The van der Waals surface area contributed by atoms with Gasteiger partial charge in [0.25, 0.3) is 0 Å². The van der Waals surface area contributed by atoms with Crippen molar-refractivity contribution < 1.29 is 0 Å². The predicted octanol–water partition coefficient (Wildman–Crippen LogP) is 4.65. The van der Waals surface area contributed by atoms with Gasteiger partial charge in [-0.15, -0.1) is 0 Å². The number of halogens is 1. The maximum Gasteiger partial charge on any atom is 0.183 e. The highest BCUT2D eigenvalue weighted by Crippen LogP contribution is 2.38. The van der Waals surface area contributed by atoms with E-state index in [1.54, 1.807) is 11.3 Å². The molecule has 2 aromatic rings. The van der Waals surface area contributed by atoms with Crippen molar-refractivity contribution in [3.8, 4) is 0 Å². The predicted molar refractivity (Wildman–Crippen MR) is 83.2 cm³/mol. The lowest BCUT2D eigenvalue weighted by atomic mass is 10.1. The first-order chi connectivity index (χ1) is 8.65. The van der Waals surface area contributed by atoms with Crippen LogP contribution in [0.5, 0.6) is 0 Å². The van der Waals surface area contributed by atoms with Gasteiger partial charge in [-0.05, 0) is 43.7 Å². The van der Waals surface area contributed by atoms with E-state index in [0.717, 1.165) is 22.2 Å². The molecule has 2 heterocycles. The fraction of sp³-hybridized carbons (Fsp3) is 0.462. The molecule has 18 heavy (non-hydrogen) atoms. The Morgan fingerprint density at radius 1 is 1.50 bits per heavy atom. The van der Waals surface area contributed by atoms with Gasteiger partial charge in [-0.1, -0.05) is 22.9 Å². The molecule has 1 saturated heterocycles. The van der Waals surface area contributed by atoms with Crippen LogP contribution >= 0.6 is 34.7 Å². The van der Waals surface area contributed by atoms with E-state index in [4.69, 9.17) is 11.6 Å². The normalized spacial score (nSPS) is 23.7. The Balaban J connectivity index is 1.74. The molecule has 96 valence electrons. The minimum atomic E-state index is 0.371. The molecule has 1 aliphatic heterocycles. The second-order valence-electron chi connectivity index (χ2n) is 4.89. The summed E-state index contributed by atoms with van der Waals surface area (Å²) in [4.78, 5) is 4.58. The Labute approximate surface area is 120 Å². The Bertz CT molecular complexity index is 561. The molecule has 5 heteroatoms. The molecule has 2 nitrogen and oxygen atoms in total. The van der Waals surface area contributed by atoms with Gasteiger partial charge < -0.3 is 5.32 Å². The minimum absolute atomic E-state index is 0.371. The number of thioether (sulfide) groups is 1. The van der Waals surface area contributed by atoms with Crippen LogP contribution in [0.3, 0.4) is 0 Å². The number of nitrogens with one attached hydrogen (secondary N) is 1. The van der Waals surface area contributed by atoms with Gasteiger partial charge in [0.05, 0.1) is 10.2 Å². The molecule has 0 amide bonds. The average molecular weight is 299 g/mol. The quantitative estimate of drug-likeness (QED) is 0.893. The van der Waals surface area contributed by atoms with E-state index in [1.165, 1.54) is 23.3 Å². The number of thiazole rings is 1. The number of hydrogen-bond donors (Lipinski definition) is 1. The zero-order valence-corrected chi connectivity index (χ0v) is 12.6. The van der Waals surface area contributed by atoms with E-state index in [9.17, 15) is 0 Å². The van der Waals surface area contributed by atoms with Crippen molar-refractivity contribution in [3.05, 3.63) is 23.2 Å². The molecule has 0 aliphatic carbocycles. The third-order valence-corrected chi connectivity index (χ3v) is 6.03. The van der Waals surface area contributed by atoms with Gasteiger partial charge in [0, 0.05) is 16.3 Å². The van der Waals surface area contributed by atoms with Gasteiger partial charge >= 0.3 is 0 Å². The van der Waals surface area contributed by atoms with Gasteiger partial charge in [0.2, 0.25) is 0 Å². The van der Waals surface area contributed by atoms with Crippen LogP contribution in [0.2, 0.25) is 5.02 Å². The van der Waals surface area contributed by atoms with E-state index in [2.05, 4.69) is 29.0 Å². The molecule has 1 aromatic heterocycles. The number of hydrogen-bond acceptors (Lipinski definition) is 4. The standard InChI is InChI=1S/C13H15ClN2S2/c1-13(5-2-6-17-13)8-15-12-16-10-7-9(14)3-4-11(10)18-12/h3-4,7H,2,5-6,8H2,1H3,(H,15,16). The Kier molecular flexibility index (Phi) is 3.43. The Morgan fingerprint density at radius 3 is 3.17 bits per heavy atom. The molecule has 1 fully saturated rings. The van der Waals surface area contributed by atoms with Crippen molar-refractivity contribution in [1.82, 2.24) is 4.98 Å². The summed E-state index contributed by atoms with van der Waals surface area (Å²) in [6.45, 7) is 3.33. The highest BCUT2D eigenvalue weighted by Gasteiger charge is 2.29. The number of fused-ring (bicyclic) bond motifs is 1. The van der Waals surface area contributed by atoms with Crippen LogP contribution in [0.4, 0.5) is 5.13 Å². The second kappa shape index (κ2) is 4.91. The summed E-state index contributed by atoms with van der Waals surface area (Å²) in [5, 5.41) is 5.23. The Hall–Kier alpha value is -0.450. The first-order valence-corrected chi connectivity index (χ1v) is 8.27. The molecule has 1 unspecified atom stereocenters. The lowest BCUT2D eigenvalue weighted by molar-refractivity contribution is 0.634. The molecular weight excluding hydrogens is 284 g/mol. The fourth-order valence-electron chi connectivity index (χ4n) is 2.22. The van der Waals surface area contributed by atoms with Crippen molar-refractivity contribution in [2.75, 3.05) is 17.6 Å². The van der Waals surface area contributed by atoms with Crippen molar-refractivity contribution in [2.24, 2.45) is 0 Å². The van der Waals surface area contributed by atoms with Gasteiger partial charge in [-0.3, -0.25) is 0 Å². The first-order valence-electron chi connectivity index (χ1n) is 6.09. The molecule has 0 saturated carbocycles. The van der Waals surface area contributed by atoms with Gasteiger partial charge in [0.15, 0.2) is 5.13 Å². The third kappa shape index (κ3) is 2.60. The number of anilines is 1. The van der Waals surface area contributed by atoms with Crippen LogP contribution in [0.15, 0.2) is 18.2 Å². The summed E-state index contributed by atoms with van der Waals surface area (Å²) >= 11 is 9.74. The van der Waals surface area contributed by atoms with Gasteiger partial charge in [-0.25, -0.2) is 4.98 Å². The van der Waals surface area contributed by atoms with Crippen LogP contribution < -0.4 is 5.32 Å². The van der Waals surface area contributed by atoms with Crippen LogP contribution in [-0.4, -0.2) is 22.0 Å². The summed E-state index contributed by atoms with van der Waals surface area (Å²) in [5.41, 5.74) is 0.985.